The lowest BCUT2D eigenvalue weighted by Gasteiger charge is -2.16. The molecule has 1 heterocycles. The van der Waals surface area contributed by atoms with E-state index in [9.17, 15) is 18.0 Å². The number of amides is 1. The van der Waals surface area contributed by atoms with Gasteiger partial charge in [0.2, 0.25) is 5.91 Å². The maximum absolute atomic E-state index is 11.9. The summed E-state index contributed by atoms with van der Waals surface area (Å²) in [5, 5.41) is 6.16. The highest BCUT2D eigenvalue weighted by Gasteiger charge is 2.45. The average molecular weight is 249 g/mol. The normalized spacial score (nSPS) is 23.5. The van der Waals surface area contributed by atoms with Crippen LogP contribution >= 0.6 is 0 Å². The Morgan fingerprint density at radius 1 is 1.62 bits per heavy atom. The van der Waals surface area contributed by atoms with Gasteiger partial charge in [-0.3, -0.25) is 9.59 Å². The van der Waals surface area contributed by atoms with Crippen molar-refractivity contribution in [1.29, 1.82) is 0 Å². The lowest BCUT2D eigenvalue weighted by Crippen LogP contribution is -2.41. The molecule has 0 aromatic heterocycles. The molecule has 1 aliphatic rings. The zero-order valence-electron chi connectivity index (χ0n) is 9.21. The standard InChI is InChI=1S/C9H15NO5S/c1-3-6(9(12)13)16(14,15)7-4-5-10(2)8(7)11/h6-7H,3-5H2,1-2H3,(H,12,13). The molecule has 0 spiro atoms. The largest absolute Gasteiger partial charge is 0.480 e. The maximum Gasteiger partial charge on any atom is 0.321 e. The first-order valence-corrected chi connectivity index (χ1v) is 6.63. The number of likely N-dealkylation sites (tertiary alicyclic amines) is 1. The number of hydrogen-bond acceptors (Lipinski definition) is 4. The van der Waals surface area contributed by atoms with E-state index in [-0.39, 0.29) is 12.8 Å². The SMILES string of the molecule is CCC(C(=O)O)S(=O)(=O)C1CCN(C)C1=O. The Hall–Kier alpha value is -1.11. The van der Waals surface area contributed by atoms with Crippen LogP contribution in [0.2, 0.25) is 0 Å². The second-order valence-electron chi connectivity index (χ2n) is 3.86. The second-order valence-corrected chi connectivity index (χ2v) is 6.18. The van der Waals surface area contributed by atoms with E-state index < -0.39 is 32.2 Å². The summed E-state index contributed by atoms with van der Waals surface area (Å²) in [4.78, 5) is 23.7. The Labute approximate surface area is 94.2 Å². The third kappa shape index (κ3) is 2.04. The molecule has 7 heteroatoms. The van der Waals surface area contributed by atoms with Crippen LogP contribution in [0.4, 0.5) is 0 Å². The van der Waals surface area contributed by atoms with E-state index in [1.807, 2.05) is 0 Å². The highest BCUT2D eigenvalue weighted by atomic mass is 32.2. The number of hydrogen-bond donors (Lipinski definition) is 1. The summed E-state index contributed by atoms with van der Waals surface area (Å²) in [5.74, 6) is -1.88. The van der Waals surface area contributed by atoms with Gasteiger partial charge < -0.3 is 10.0 Å². The fraction of sp³-hybridized carbons (Fsp3) is 0.778. The van der Waals surface area contributed by atoms with E-state index in [0.29, 0.717) is 6.54 Å². The fourth-order valence-corrected chi connectivity index (χ4v) is 3.88. The van der Waals surface area contributed by atoms with Crippen LogP contribution in [0.3, 0.4) is 0 Å². The quantitative estimate of drug-likeness (QED) is 0.725. The van der Waals surface area contributed by atoms with Crippen molar-refractivity contribution < 1.29 is 23.1 Å². The number of aliphatic carboxylic acids is 1. The fourth-order valence-electron chi connectivity index (χ4n) is 1.84. The lowest BCUT2D eigenvalue weighted by atomic mass is 10.3. The van der Waals surface area contributed by atoms with Gasteiger partial charge in [-0.1, -0.05) is 6.92 Å². The molecule has 6 nitrogen and oxygen atoms in total. The van der Waals surface area contributed by atoms with Crippen molar-refractivity contribution in [3.8, 4) is 0 Å². The van der Waals surface area contributed by atoms with Crippen LogP contribution in [0.5, 0.6) is 0 Å². The third-order valence-corrected chi connectivity index (χ3v) is 5.38. The van der Waals surface area contributed by atoms with Crippen molar-refractivity contribution in [2.45, 2.75) is 30.3 Å². The molecule has 1 aliphatic heterocycles. The van der Waals surface area contributed by atoms with E-state index in [1.165, 1.54) is 18.9 Å². The number of nitrogens with zero attached hydrogens (tertiary/aromatic N) is 1. The summed E-state index contributed by atoms with van der Waals surface area (Å²) in [6, 6.07) is 0. The Morgan fingerprint density at radius 3 is 2.50 bits per heavy atom. The molecule has 0 aromatic rings. The second kappa shape index (κ2) is 4.40. The number of carbonyl (C=O) groups is 2. The number of sulfone groups is 1. The summed E-state index contributed by atoms with van der Waals surface area (Å²) in [6.07, 6.45) is 0.159. The van der Waals surface area contributed by atoms with Crippen LogP contribution in [0.15, 0.2) is 0 Å². The number of rotatable bonds is 4. The van der Waals surface area contributed by atoms with Crippen LogP contribution in [-0.4, -0.2) is 54.4 Å². The van der Waals surface area contributed by atoms with Crippen molar-refractivity contribution in [3.05, 3.63) is 0 Å². The number of carboxylic acid groups (broad SMARTS) is 1. The van der Waals surface area contributed by atoms with Gasteiger partial charge in [0.25, 0.3) is 0 Å². The van der Waals surface area contributed by atoms with Gasteiger partial charge in [-0.05, 0) is 12.8 Å². The molecule has 92 valence electrons. The van der Waals surface area contributed by atoms with Gasteiger partial charge >= 0.3 is 5.97 Å². The number of carbonyl (C=O) groups excluding carboxylic acids is 1. The van der Waals surface area contributed by atoms with Crippen LogP contribution in [0, 0.1) is 0 Å². The van der Waals surface area contributed by atoms with Crippen molar-refractivity contribution >= 4 is 21.7 Å². The molecule has 0 aromatic carbocycles. The molecule has 16 heavy (non-hydrogen) atoms. The van der Waals surface area contributed by atoms with E-state index in [2.05, 4.69) is 0 Å². The molecule has 0 saturated carbocycles. The van der Waals surface area contributed by atoms with E-state index in [0.717, 1.165) is 0 Å². The van der Waals surface area contributed by atoms with E-state index >= 15 is 0 Å². The molecule has 1 saturated heterocycles. The summed E-state index contributed by atoms with van der Waals surface area (Å²) in [7, 11) is -2.41. The van der Waals surface area contributed by atoms with Gasteiger partial charge in [0, 0.05) is 13.6 Å². The summed E-state index contributed by atoms with van der Waals surface area (Å²) < 4.78 is 23.9. The van der Waals surface area contributed by atoms with Gasteiger partial charge in [0.1, 0.15) is 5.25 Å². The van der Waals surface area contributed by atoms with Crippen LogP contribution in [0.1, 0.15) is 19.8 Å². The molecule has 1 N–H and O–H groups in total. The molecule has 0 radical (unpaired) electrons. The van der Waals surface area contributed by atoms with Gasteiger partial charge in [-0.25, -0.2) is 8.42 Å². The topological polar surface area (TPSA) is 91.8 Å². The lowest BCUT2D eigenvalue weighted by molar-refractivity contribution is -0.136. The Morgan fingerprint density at radius 2 is 2.19 bits per heavy atom. The minimum Gasteiger partial charge on any atom is -0.480 e. The minimum atomic E-state index is -3.92. The predicted octanol–water partition coefficient (Wildman–Crippen LogP) is -0.505. The first-order valence-electron chi connectivity index (χ1n) is 5.02. The molecule has 0 aliphatic carbocycles. The van der Waals surface area contributed by atoms with E-state index in [1.54, 1.807) is 0 Å². The van der Waals surface area contributed by atoms with Crippen molar-refractivity contribution in [3.63, 3.8) is 0 Å². The molecule has 2 atom stereocenters. The molecular formula is C9H15NO5S. The highest BCUT2D eigenvalue weighted by molar-refractivity contribution is 7.94. The van der Waals surface area contributed by atoms with Crippen LogP contribution < -0.4 is 0 Å². The summed E-state index contributed by atoms with van der Waals surface area (Å²) in [5.41, 5.74) is 0. The van der Waals surface area contributed by atoms with E-state index in [4.69, 9.17) is 5.11 Å². The Balaban J connectivity index is 3.02. The summed E-state index contributed by atoms with van der Waals surface area (Å²) >= 11 is 0. The monoisotopic (exact) mass is 249 g/mol. The first kappa shape index (κ1) is 13.0. The van der Waals surface area contributed by atoms with Gasteiger partial charge in [-0.2, -0.15) is 0 Å². The predicted molar refractivity (Wildman–Crippen MR) is 56.7 cm³/mol. The molecule has 1 rings (SSSR count). The third-order valence-electron chi connectivity index (χ3n) is 2.82. The molecular weight excluding hydrogens is 234 g/mol. The van der Waals surface area contributed by atoms with Crippen molar-refractivity contribution in [2.75, 3.05) is 13.6 Å². The van der Waals surface area contributed by atoms with Gasteiger partial charge in [0.05, 0.1) is 0 Å². The smallest absolute Gasteiger partial charge is 0.321 e. The zero-order chi connectivity index (χ0) is 12.5. The molecule has 1 fully saturated rings. The highest BCUT2D eigenvalue weighted by Crippen LogP contribution is 2.22. The Bertz CT molecular complexity index is 402. The molecule has 1 amide bonds. The molecule has 0 bridgehead atoms. The Kier molecular flexibility index (Phi) is 3.57. The van der Waals surface area contributed by atoms with Crippen LogP contribution in [0.25, 0.3) is 0 Å². The van der Waals surface area contributed by atoms with Crippen molar-refractivity contribution in [2.24, 2.45) is 0 Å². The zero-order valence-corrected chi connectivity index (χ0v) is 10.0. The molecule has 2 unspecified atom stereocenters. The first-order chi connectivity index (χ1) is 7.32. The van der Waals surface area contributed by atoms with Gasteiger partial charge in [0.15, 0.2) is 15.1 Å². The average Bonchev–Trinajstić information content (AvgIpc) is 2.47. The van der Waals surface area contributed by atoms with Crippen LogP contribution in [-0.2, 0) is 19.4 Å². The maximum atomic E-state index is 11.9. The van der Waals surface area contributed by atoms with Crippen molar-refractivity contribution in [1.82, 2.24) is 4.90 Å². The number of carboxylic acids is 1. The minimum absolute atomic E-state index is 0.0227. The summed E-state index contributed by atoms with van der Waals surface area (Å²) in [6.45, 7) is 1.85. The van der Waals surface area contributed by atoms with Gasteiger partial charge in [-0.15, -0.1) is 0 Å².